The maximum Gasteiger partial charge on any atom is 0.248 e. The van der Waals surface area contributed by atoms with Crippen molar-refractivity contribution in [2.45, 2.75) is 43.9 Å². The molecule has 0 aliphatic heterocycles. The van der Waals surface area contributed by atoms with E-state index in [-0.39, 0.29) is 5.75 Å². The molecule has 0 spiro atoms. The second-order valence-corrected chi connectivity index (χ2v) is 4.53. The van der Waals surface area contributed by atoms with Crippen LogP contribution in [0.4, 0.5) is 8.78 Å². The highest BCUT2D eigenvalue weighted by molar-refractivity contribution is 5.39. The zero-order valence-corrected chi connectivity index (χ0v) is 9.13. The van der Waals surface area contributed by atoms with E-state index in [4.69, 9.17) is 0 Å². The SMILES string of the molecule is Oc1ccccc1C1(C(F)F)CCCCC1. The minimum absolute atomic E-state index is 0.00435. The van der Waals surface area contributed by atoms with Crippen molar-refractivity contribution in [3.05, 3.63) is 29.8 Å². The van der Waals surface area contributed by atoms with Gasteiger partial charge >= 0.3 is 0 Å². The zero-order chi connectivity index (χ0) is 11.6. The summed E-state index contributed by atoms with van der Waals surface area (Å²) >= 11 is 0. The van der Waals surface area contributed by atoms with E-state index < -0.39 is 11.8 Å². The maximum absolute atomic E-state index is 13.3. The molecule has 1 aliphatic carbocycles. The first kappa shape index (κ1) is 11.4. The molecule has 0 bridgehead atoms. The molecule has 3 heteroatoms. The van der Waals surface area contributed by atoms with Crippen LogP contribution in [0.15, 0.2) is 24.3 Å². The van der Waals surface area contributed by atoms with Gasteiger partial charge in [0.05, 0.1) is 5.41 Å². The van der Waals surface area contributed by atoms with Crippen LogP contribution in [0, 0.1) is 0 Å². The third-order valence-electron chi connectivity index (χ3n) is 3.60. The molecular weight excluding hydrogens is 210 g/mol. The third kappa shape index (κ3) is 1.79. The lowest BCUT2D eigenvalue weighted by Gasteiger charge is -2.37. The van der Waals surface area contributed by atoms with Crippen molar-refractivity contribution in [3.8, 4) is 5.75 Å². The number of aromatic hydroxyl groups is 1. The van der Waals surface area contributed by atoms with Gasteiger partial charge < -0.3 is 5.11 Å². The predicted octanol–water partition coefficient (Wildman–Crippen LogP) is 3.86. The van der Waals surface area contributed by atoms with Crippen LogP contribution in [0.1, 0.15) is 37.7 Å². The van der Waals surface area contributed by atoms with Crippen molar-refractivity contribution in [1.29, 1.82) is 0 Å². The highest BCUT2D eigenvalue weighted by atomic mass is 19.3. The van der Waals surface area contributed by atoms with E-state index in [2.05, 4.69) is 0 Å². The van der Waals surface area contributed by atoms with Gasteiger partial charge in [0.1, 0.15) is 5.75 Å². The molecule has 0 saturated heterocycles. The summed E-state index contributed by atoms with van der Waals surface area (Å²) < 4.78 is 26.7. The minimum atomic E-state index is -2.40. The number of para-hydroxylation sites is 1. The van der Waals surface area contributed by atoms with E-state index in [1.807, 2.05) is 0 Å². The molecule has 2 rings (SSSR count). The quantitative estimate of drug-likeness (QED) is 0.811. The lowest BCUT2D eigenvalue weighted by Crippen LogP contribution is -2.36. The van der Waals surface area contributed by atoms with Crippen LogP contribution in [0.2, 0.25) is 0 Å². The molecule has 1 aromatic rings. The summed E-state index contributed by atoms with van der Waals surface area (Å²) in [5, 5.41) is 9.74. The lowest BCUT2D eigenvalue weighted by molar-refractivity contribution is 0.0241. The van der Waals surface area contributed by atoms with Gasteiger partial charge in [0, 0.05) is 5.56 Å². The minimum Gasteiger partial charge on any atom is -0.508 e. The summed E-state index contributed by atoms with van der Waals surface area (Å²) in [4.78, 5) is 0. The summed E-state index contributed by atoms with van der Waals surface area (Å²) in [5.41, 5.74) is -0.700. The van der Waals surface area contributed by atoms with Crippen LogP contribution in [0.3, 0.4) is 0 Å². The number of phenolic OH excluding ortho intramolecular Hbond substituents is 1. The summed E-state index contributed by atoms with van der Waals surface area (Å²) in [6.45, 7) is 0. The van der Waals surface area contributed by atoms with Gasteiger partial charge in [-0.3, -0.25) is 0 Å². The summed E-state index contributed by atoms with van der Waals surface area (Å²) in [6.07, 6.45) is 1.20. The van der Waals surface area contributed by atoms with E-state index in [1.165, 1.54) is 6.07 Å². The average molecular weight is 226 g/mol. The number of hydrogen-bond acceptors (Lipinski definition) is 1. The highest BCUT2D eigenvalue weighted by Crippen LogP contribution is 2.46. The molecule has 16 heavy (non-hydrogen) atoms. The summed E-state index contributed by atoms with van der Waals surface area (Å²) in [7, 11) is 0. The van der Waals surface area contributed by atoms with Gasteiger partial charge in [-0.05, 0) is 18.9 Å². The number of hydrogen-bond donors (Lipinski definition) is 1. The molecule has 0 amide bonds. The van der Waals surface area contributed by atoms with Crippen LogP contribution < -0.4 is 0 Å². The van der Waals surface area contributed by atoms with Gasteiger partial charge in [-0.15, -0.1) is 0 Å². The van der Waals surface area contributed by atoms with Gasteiger partial charge in [0.2, 0.25) is 6.43 Å². The van der Waals surface area contributed by atoms with Gasteiger partial charge in [-0.2, -0.15) is 0 Å². The molecule has 0 unspecified atom stereocenters. The molecule has 1 aromatic carbocycles. The van der Waals surface area contributed by atoms with Crippen molar-refractivity contribution in [2.75, 3.05) is 0 Å². The first-order valence-electron chi connectivity index (χ1n) is 5.73. The molecule has 88 valence electrons. The number of rotatable bonds is 2. The second-order valence-electron chi connectivity index (χ2n) is 4.53. The van der Waals surface area contributed by atoms with Crippen molar-refractivity contribution in [2.24, 2.45) is 0 Å². The largest absolute Gasteiger partial charge is 0.508 e. The Hall–Kier alpha value is -1.12. The van der Waals surface area contributed by atoms with Crippen molar-refractivity contribution >= 4 is 0 Å². The number of phenols is 1. The fourth-order valence-electron chi connectivity index (χ4n) is 2.68. The molecule has 1 fully saturated rings. The van der Waals surface area contributed by atoms with Gasteiger partial charge in [-0.25, -0.2) is 8.78 Å². The summed E-state index contributed by atoms with van der Waals surface area (Å²) in [6, 6.07) is 6.51. The van der Waals surface area contributed by atoms with Crippen molar-refractivity contribution in [3.63, 3.8) is 0 Å². The third-order valence-corrected chi connectivity index (χ3v) is 3.60. The molecule has 0 radical (unpaired) electrons. The van der Waals surface area contributed by atoms with Crippen LogP contribution in [-0.2, 0) is 5.41 Å². The number of alkyl halides is 2. The normalized spacial score (nSPS) is 19.9. The Morgan fingerprint density at radius 2 is 1.69 bits per heavy atom. The van der Waals surface area contributed by atoms with Gasteiger partial charge in [0.25, 0.3) is 0 Å². The van der Waals surface area contributed by atoms with Gasteiger partial charge in [-0.1, -0.05) is 37.5 Å². The van der Waals surface area contributed by atoms with Crippen LogP contribution in [0.5, 0.6) is 5.75 Å². The Labute approximate surface area is 94.1 Å². The molecule has 0 heterocycles. The Morgan fingerprint density at radius 3 is 2.25 bits per heavy atom. The average Bonchev–Trinajstić information content (AvgIpc) is 2.30. The van der Waals surface area contributed by atoms with Crippen LogP contribution in [0.25, 0.3) is 0 Å². The van der Waals surface area contributed by atoms with E-state index in [0.29, 0.717) is 18.4 Å². The predicted molar refractivity (Wildman–Crippen MR) is 58.9 cm³/mol. The molecule has 1 aliphatic rings. The highest BCUT2D eigenvalue weighted by Gasteiger charge is 2.43. The Kier molecular flexibility index (Phi) is 3.13. The number of halogens is 2. The van der Waals surface area contributed by atoms with Crippen LogP contribution in [-0.4, -0.2) is 11.5 Å². The van der Waals surface area contributed by atoms with E-state index >= 15 is 0 Å². The fraction of sp³-hybridized carbons (Fsp3) is 0.538. The zero-order valence-electron chi connectivity index (χ0n) is 9.13. The number of benzene rings is 1. The van der Waals surface area contributed by atoms with E-state index in [0.717, 1.165) is 19.3 Å². The maximum atomic E-state index is 13.3. The van der Waals surface area contributed by atoms with Crippen molar-refractivity contribution < 1.29 is 13.9 Å². The van der Waals surface area contributed by atoms with E-state index in [1.54, 1.807) is 18.2 Å². The van der Waals surface area contributed by atoms with Gasteiger partial charge in [0.15, 0.2) is 0 Å². The standard InChI is InChI=1S/C13H16F2O/c14-12(15)13(8-4-1-5-9-13)10-6-2-3-7-11(10)16/h2-3,6-7,12,16H,1,4-5,8-9H2. The molecule has 1 N–H and O–H groups in total. The van der Waals surface area contributed by atoms with E-state index in [9.17, 15) is 13.9 Å². The summed E-state index contributed by atoms with van der Waals surface area (Å²) in [5.74, 6) is 0.00435. The molecule has 1 nitrogen and oxygen atoms in total. The molecule has 0 aromatic heterocycles. The monoisotopic (exact) mass is 226 g/mol. The fourth-order valence-corrected chi connectivity index (χ4v) is 2.68. The lowest BCUT2D eigenvalue weighted by atomic mass is 9.69. The van der Waals surface area contributed by atoms with Crippen molar-refractivity contribution in [1.82, 2.24) is 0 Å². The van der Waals surface area contributed by atoms with Crippen LogP contribution >= 0.6 is 0 Å². The second kappa shape index (κ2) is 4.40. The smallest absolute Gasteiger partial charge is 0.248 e. The Bertz CT molecular complexity index is 357. The Balaban J connectivity index is 2.43. The Morgan fingerprint density at radius 1 is 1.06 bits per heavy atom. The topological polar surface area (TPSA) is 20.2 Å². The first-order valence-corrected chi connectivity index (χ1v) is 5.73. The molecule has 1 saturated carbocycles. The molecule has 0 atom stereocenters. The molecular formula is C13H16F2O. The first-order chi connectivity index (χ1) is 7.67.